The van der Waals surface area contributed by atoms with Crippen LogP contribution in [0.3, 0.4) is 0 Å². The lowest BCUT2D eigenvalue weighted by Crippen LogP contribution is -2.65. The Kier molecular flexibility index (Phi) is 7.78. The average molecular weight is 632 g/mol. The number of halogens is 2. The number of methoxy groups -OCH3 is 1. The molecule has 0 aliphatic carbocycles. The molecule has 3 aliphatic heterocycles. The smallest absolute Gasteiger partial charge is 0.370 e. The Morgan fingerprint density at radius 3 is 2.67 bits per heavy atom. The molecule has 43 heavy (non-hydrogen) atoms. The van der Waals surface area contributed by atoms with Crippen LogP contribution in [0.25, 0.3) is 10.1 Å². The van der Waals surface area contributed by atoms with Gasteiger partial charge in [0.15, 0.2) is 0 Å². The van der Waals surface area contributed by atoms with Crippen molar-refractivity contribution >= 4 is 47.2 Å². The second-order valence-electron chi connectivity index (χ2n) is 11.3. The van der Waals surface area contributed by atoms with Gasteiger partial charge in [-0.15, -0.1) is 20.1 Å². The predicted octanol–water partition coefficient (Wildman–Crippen LogP) is 4.11. The van der Waals surface area contributed by atoms with E-state index < -0.39 is 42.8 Å². The number of nitrogens with zero attached hydrogens (tertiary/aromatic N) is 3. The van der Waals surface area contributed by atoms with Crippen molar-refractivity contribution < 1.29 is 37.4 Å². The normalized spacial score (nSPS) is 23.9. The van der Waals surface area contributed by atoms with Gasteiger partial charge in [0.25, 0.3) is 5.91 Å². The molecule has 226 valence electrons. The molecule has 1 aromatic carbocycles. The van der Waals surface area contributed by atoms with Gasteiger partial charge in [0.1, 0.15) is 17.7 Å². The molecule has 2 aromatic heterocycles. The predicted molar refractivity (Wildman–Crippen MR) is 154 cm³/mol. The molecule has 3 saturated heterocycles. The minimum atomic E-state index is -3.92. The maximum atomic E-state index is 14.1. The van der Waals surface area contributed by atoms with Crippen LogP contribution in [0.15, 0.2) is 48.8 Å². The highest BCUT2D eigenvalue weighted by molar-refractivity contribution is 7.39. The summed E-state index contributed by atoms with van der Waals surface area (Å²) >= 11 is 1.07. The number of hydrogen-bond acceptors (Lipinski definition) is 7. The molecule has 6 rings (SSSR count). The van der Waals surface area contributed by atoms with Gasteiger partial charge < -0.3 is 19.9 Å². The Hall–Kier alpha value is -3.38. The first kappa shape index (κ1) is 29.7. The summed E-state index contributed by atoms with van der Waals surface area (Å²) in [6.07, 6.45) is 6.49. The lowest BCUT2D eigenvalue weighted by molar-refractivity contribution is -0.171. The van der Waals surface area contributed by atoms with E-state index in [9.17, 15) is 27.7 Å². The number of fused-ring (bicyclic) bond motifs is 2. The van der Waals surface area contributed by atoms with Crippen molar-refractivity contribution in [3.05, 3.63) is 64.8 Å². The summed E-state index contributed by atoms with van der Waals surface area (Å²) in [5.41, 5.74) is -4.29. The number of pyridine rings is 1. The Balaban J connectivity index is 1.16. The number of benzene rings is 1. The number of carbonyl (C=O) groups is 3. The fourth-order valence-electron chi connectivity index (χ4n) is 6.42. The van der Waals surface area contributed by atoms with Crippen molar-refractivity contribution in [2.75, 3.05) is 20.2 Å². The van der Waals surface area contributed by atoms with E-state index in [0.29, 0.717) is 48.9 Å². The van der Waals surface area contributed by atoms with Crippen LogP contribution in [0.2, 0.25) is 0 Å². The molecule has 3 aliphatic rings. The molecule has 3 amide bonds. The van der Waals surface area contributed by atoms with E-state index in [1.807, 2.05) is 12.1 Å². The summed E-state index contributed by atoms with van der Waals surface area (Å²) in [5.74, 6) is -0.959. The zero-order valence-corrected chi connectivity index (χ0v) is 25.0. The highest BCUT2D eigenvalue weighted by atomic mass is 32.1. The maximum Gasteiger partial charge on any atom is 0.589 e. The summed E-state index contributed by atoms with van der Waals surface area (Å²) in [6, 6.07) is 7.16. The van der Waals surface area contributed by atoms with Crippen molar-refractivity contribution in [1.29, 1.82) is 0 Å². The van der Waals surface area contributed by atoms with Gasteiger partial charge in [-0.05, 0) is 72.4 Å². The van der Waals surface area contributed by atoms with E-state index in [1.54, 1.807) is 29.3 Å². The second kappa shape index (κ2) is 11.3. The van der Waals surface area contributed by atoms with Crippen LogP contribution in [0.5, 0.6) is 0 Å². The first-order chi connectivity index (χ1) is 20.5. The van der Waals surface area contributed by atoms with Crippen LogP contribution in [0.1, 0.15) is 52.9 Å². The molecule has 1 unspecified atom stereocenters. The number of hydrogen-bond donors (Lipinski definition) is 2. The number of carbonyl (C=O) groups excluding carboxylic acids is 3. The summed E-state index contributed by atoms with van der Waals surface area (Å²) in [4.78, 5) is 57.5. The minimum absolute atomic E-state index is 0.0856. The molecule has 0 spiro atoms. The molecule has 4 atom stereocenters. The van der Waals surface area contributed by atoms with E-state index in [2.05, 4.69) is 10.3 Å². The van der Waals surface area contributed by atoms with Gasteiger partial charge in [0, 0.05) is 35.8 Å². The zero-order chi connectivity index (χ0) is 30.5. The summed E-state index contributed by atoms with van der Waals surface area (Å²) in [5, 5.41) is 3.14. The topological polar surface area (TPSA) is 129 Å². The number of amides is 3. The monoisotopic (exact) mass is 631 g/mol. The van der Waals surface area contributed by atoms with Crippen molar-refractivity contribution in [3.8, 4) is 0 Å². The summed E-state index contributed by atoms with van der Waals surface area (Å²) in [6.45, 7) is 0.706. The number of rotatable bonds is 7. The number of ether oxygens (including phenoxy) is 1. The van der Waals surface area contributed by atoms with Gasteiger partial charge in [0.2, 0.25) is 11.8 Å². The third kappa shape index (κ3) is 5.22. The van der Waals surface area contributed by atoms with Crippen molar-refractivity contribution in [2.24, 2.45) is 0 Å². The van der Waals surface area contributed by atoms with Gasteiger partial charge in [-0.25, -0.2) is 0 Å². The van der Waals surface area contributed by atoms with Crippen LogP contribution in [-0.4, -0.2) is 75.7 Å². The van der Waals surface area contributed by atoms with Crippen molar-refractivity contribution in [1.82, 2.24) is 20.1 Å². The Morgan fingerprint density at radius 1 is 1.19 bits per heavy atom. The van der Waals surface area contributed by atoms with Gasteiger partial charge in [0.05, 0.1) is 23.5 Å². The molecule has 0 radical (unpaired) electrons. The largest absolute Gasteiger partial charge is 0.589 e. The quantitative estimate of drug-likeness (QED) is 0.376. The van der Waals surface area contributed by atoms with Crippen LogP contribution in [0, 0.1) is 0 Å². The fraction of sp³-hybridized carbons (Fsp3) is 0.448. The van der Waals surface area contributed by atoms with Crippen LogP contribution >= 0.6 is 19.4 Å². The molecule has 3 aromatic rings. The molecular formula is C29H30F2N4O6PS+. The summed E-state index contributed by atoms with van der Waals surface area (Å²) < 4.78 is 45.6. The molecule has 5 heterocycles. The van der Waals surface area contributed by atoms with E-state index >= 15 is 0 Å². The van der Waals surface area contributed by atoms with Crippen LogP contribution in [-0.2, 0) is 30.2 Å². The van der Waals surface area contributed by atoms with Gasteiger partial charge in [-0.2, -0.15) is 4.89 Å². The number of aromatic nitrogens is 1. The maximum absolute atomic E-state index is 14.1. The van der Waals surface area contributed by atoms with Crippen LogP contribution in [0.4, 0.5) is 8.78 Å². The first-order valence-corrected chi connectivity index (χ1v) is 16.0. The third-order valence-electron chi connectivity index (χ3n) is 8.79. The average Bonchev–Trinajstić information content (AvgIpc) is 3.57. The zero-order valence-electron chi connectivity index (χ0n) is 23.2. The Bertz CT molecular complexity index is 1600. The van der Waals surface area contributed by atoms with Gasteiger partial charge >= 0.3 is 13.7 Å². The van der Waals surface area contributed by atoms with E-state index in [0.717, 1.165) is 35.5 Å². The number of nitrogens with one attached hydrogen (secondary N) is 1. The van der Waals surface area contributed by atoms with E-state index in [-0.39, 0.29) is 22.7 Å². The Morgan fingerprint density at radius 2 is 1.98 bits per heavy atom. The van der Waals surface area contributed by atoms with E-state index in [4.69, 9.17) is 9.63 Å². The van der Waals surface area contributed by atoms with Crippen molar-refractivity contribution in [2.45, 2.75) is 61.5 Å². The number of alkyl halides is 2. The fourth-order valence-corrected chi connectivity index (χ4v) is 7.72. The minimum Gasteiger partial charge on any atom is -0.370 e. The van der Waals surface area contributed by atoms with Gasteiger partial charge in [-0.3, -0.25) is 19.4 Å². The number of likely N-dealkylation sites (tertiary alicyclic amines) is 1. The molecule has 3 fully saturated rings. The first-order valence-electron chi connectivity index (χ1n) is 14.0. The highest BCUT2D eigenvalue weighted by Gasteiger charge is 2.54. The summed E-state index contributed by atoms with van der Waals surface area (Å²) in [7, 11) is -2.16. The molecule has 14 heteroatoms. The van der Waals surface area contributed by atoms with E-state index in [1.165, 1.54) is 12.1 Å². The molecular weight excluding hydrogens is 601 g/mol. The Labute approximate surface area is 250 Å². The molecule has 0 bridgehead atoms. The van der Waals surface area contributed by atoms with Gasteiger partial charge in [-0.1, -0.05) is 6.07 Å². The molecule has 10 nitrogen and oxygen atoms in total. The second-order valence-corrected chi connectivity index (χ2v) is 13.5. The molecule has 0 saturated carbocycles. The van der Waals surface area contributed by atoms with Crippen LogP contribution < -0.4 is 5.32 Å². The number of thiophene rings is 1. The lowest BCUT2D eigenvalue weighted by Gasteiger charge is -2.50. The third-order valence-corrected chi connectivity index (χ3v) is 10.6. The lowest BCUT2D eigenvalue weighted by atomic mass is 9.86. The van der Waals surface area contributed by atoms with Crippen molar-refractivity contribution in [3.63, 3.8) is 0 Å². The SMILES string of the molecule is COC1(c2cccnc2)CN(C(=O)[C@@H]2CC[C@@H]3CCC[C@H](NC(=O)c4cc5cc(C(F)(F)[P+](=O)O)ccc5s4)C(=O)N32)C1. The standard InChI is InChI=1S/C29H29F2N4O6PS/c1-41-28(19-4-3-11-32-14-19)15-34(16-28)27(38)22-9-8-20-5-2-6-21(26(37)35(20)22)33-25(36)24-13-17-12-18(7-10-23(17)43-24)29(30,31)42(39)40/h3-4,7,10-14,20-22H,2,5-6,8-9,15-16H2,1H3,(H-,33,36,39,40)/p+1/t20-,21-,22-/m0/s1. The molecule has 2 N–H and O–H groups in total. The highest BCUT2D eigenvalue weighted by Crippen LogP contribution is 2.48.